The van der Waals surface area contributed by atoms with Gasteiger partial charge in [-0.25, -0.2) is 0 Å². The highest BCUT2D eigenvalue weighted by atomic mass is 32.1. The lowest BCUT2D eigenvalue weighted by Crippen LogP contribution is -2.36. The minimum atomic E-state index is 0.683. The van der Waals surface area contributed by atoms with Crippen LogP contribution < -0.4 is 5.32 Å². The molecule has 2 rings (SSSR count). The second kappa shape index (κ2) is 10.2. The van der Waals surface area contributed by atoms with Crippen LogP contribution in [0.5, 0.6) is 0 Å². The second-order valence-corrected chi connectivity index (χ2v) is 6.57. The Balaban J connectivity index is 1.98. The molecule has 0 bridgehead atoms. The Bertz CT molecular complexity index is 638. The quantitative estimate of drug-likeness (QED) is 0.666. The van der Waals surface area contributed by atoms with Crippen LogP contribution >= 0.6 is 12.2 Å². The number of benzene rings is 1. The van der Waals surface area contributed by atoms with E-state index in [1.807, 2.05) is 24.3 Å². The number of nitrogens with one attached hydrogen (secondary N) is 1. The van der Waals surface area contributed by atoms with E-state index >= 15 is 0 Å². The highest BCUT2D eigenvalue weighted by Gasteiger charge is 2.13. The Morgan fingerprint density at radius 1 is 1.12 bits per heavy atom. The molecule has 0 fully saturated rings. The molecule has 1 aromatic carbocycles. The fourth-order valence-electron chi connectivity index (χ4n) is 2.79. The Hall–Kier alpha value is -1.85. The van der Waals surface area contributed by atoms with Crippen LogP contribution in [0.25, 0.3) is 0 Å². The van der Waals surface area contributed by atoms with Crippen molar-refractivity contribution in [3.05, 3.63) is 54.0 Å². The van der Waals surface area contributed by atoms with E-state index in [-0.39, 0.29) is 0 Å². The molecule has 0 aliphatic heterocycles. The molecule has 1 aromatic heterocycles. The van der Waals surface area contributed by atoms with Gasteiger partial charge in [-0.05, 0) is 75.0 Å². The predicted octanol–water partition coefficient (Wildman–Crippen LogP) is 4.52. The van der Waals surface area contributed by atoms with Gasteiger partial charge in [0, 0.05) is 12.2 Å². The van der Waals surface area contributed by atoms with E-state index in [1.165, 1.54) is 5.56 Å². The van der Waals surface area contributed by atoms with Gasteiger partial charge >= 0.3 is 0 Å². The monoisotopic (exact) mass is 359 g/mol. The van der Waals surface area contributed by atoms with Gasteiger partial charge in [-0.3, -0.25) is 0 Å². The van der Waals surface area contributed by atoms with E-state index in [4.69, 9.17) is 16.6 Å². The zero-order valence-corrected chi connectivity index (χ0v) is 16.3. The van der Waals surface area contributed by atoms with Crippen molar-refractivity contribution in [2.45, 2.75) is 33.7 Å². The van der Waals surface area contributed by atoms with Crippen molar-refractivity contribution < 1.29 is 4.42 Å². The maximum Gasteiger partial charge on any atom is 0.173 e. The summed E-state index contributed by atoms with van der Waals surface area (Å²) >= 11 is 5.67. The minimum Gasteiger partial charge on any atom is -0.467 e. The zero-order valence-electron chi connectivity index (χ0n) is 15.5. The van der Waals surface area contributed by atoms with Gasteiger partial charge in [-0.2, -0.15) is 0 Å². The topological polar surface area (TPSA) is 31.6 Å². The van der Waals surface area contributed by atoms with Gasteiger partial charge in [0.25, 0.3) is 0 Å². The summed E-state index contributed by atoms with van der Waals surface area (Å²) in [6, 6.07) is 12.2. The third kappa shape index (κ3) is 6.52. The van der Waals surface area contributed by atoms with Crippen LogP contribution in [0.4, 0.5) is 5.69 Å². The van der Waals surface area contributed by atoms with E-state index in [0.29, 0.717) is 6.54 Å². The van der Waals surface area contributed by atoms with Gasteiger partial charge in [0.05, 0.1) is 12.8 Å². The van der Waals surface area contributed by atoms with Crippen LogP contribution in [0.1, 0.15) is 31.6 Å². The van der Waals surface area contributed by atoms with Crippen LogP contribution in [0.15, 0.2) is 47.1 Å². The molecule has 0 saturated carbocycles. The molecule has 0 aliphatic rings. The number of aryl methyl sites for hydroxylation is 1. The minimum absolute atomic E-state index is 0.683. The van der Waals surface area contributed by atoms with Crippen molar-refractivity contribution >= 4 is 23.0 Å². The number of anilines is 1. The predicted molar refractivity (Wildman–Crippen MR) is 109 cm³/mol. The molecule has 0 radical (unpaired) electrons. The molecule has 0 atom stereocenters. The summed E-state index contributed by atoms with van der Waals surface area (Å²) in [5.74, 6) is 0.927. The number of hydrogen-bond donors (Lipinski definition) is 1. The fourth-order valence-corrected chi connectivity index (χ4v) is 3.07. The summed E-state index contributed by atoms with van der Waals surface area (Å²) in [5.41, 5.74) is 2.24. The number of rotatable bonds is 9. The molecule has 0 aliphatic carbocycles. The molecule has 136 valence electrons. The van der Waals surface area contributed by atoms with Gasteiger partial charge in [-0.15, -0.1) is 0 Å². The lowest BCUT2D eigenvalue weighted by atomic mass is 10.2. The molecule has 0 unspecified atom stereocenters. The van der Waals surface area contributed by atoms with Crippen molar-refractivity contribution in [2.75, 3.05) is 31.5 Å². The van der Waals surface area contributed by atoms with Crippen molar-refractivity contribution in [3.63, 3.8) is 0 Å². The van der Waals surface area contributed by atoms with E-state index in [2.05, 4.69) is 48.0 Å². The zero-order chi connectivity index (χ0) is 18.1. The number of thiocarbonyl (C=S) groups is 1. The Morgan fingerprint density at radius 2 is 1.92 bits per heavy atom. The molecular formula is C20H29N3OS. The van der Waals surface area contributed by atoms with Crippen molar-refractivity contribution in [2.24, 2.45) is 0 Å². The summed E-state index contributed by atoms with van der Waals surface area (Å²) in [6.45, 7) is 11.3. The fraction of sp³-hybridized carbons (Fsp3) is 0.450. The highest BCUT2D eigenvalue weighted by Crippen LogP contribution is 2.13. The first kappa shape index (κ1) is 19.5. The molecule has 2 aromatic rings. The molecule has 5 heteroatoms. The van der Waals surface area contributed by atoms with Crippen LogP contribution in [-0.4, -0.2) is 41.1 Å². The van der Waals surface area contributed by atoms with E-state index < -0.39 is 0 Å². The van der Waals surface area contributed by atoms with Gasteiger partial charge in [0.1, 0.15) is 5.76 Å². The van der Waals surface area contributed by atoms with Crippen molar-refractivity contribution in [1.82, 2.24) is 9.80 Å². The molecule has 0 saturated heterocycles. The number of hydrogen-bond acceptors (Lipinski definition) is 3. The Morgan fingerprint density at radius 3 is 2.56 bits per heavy atom. The van der Waals surface area contributed by atoms with E-state index in [0.717, 1.165) is 49.2 Å². The summed E-state index contributed by atoms with van der Waals surface area (Å²) in [4.78, 5) is 4.61. The second-order valence-electron chi connectivity index (χ2n) is 6.18. The lowest BCUT2D eigenvalue weighted by molar-refractivity contribution is 0.276. The third-order valence-electron chi connectivity index (χ3n) is 4.28. The maximum absolute atomic E-state index is 5.67. The molecule has 25 heavy (non-hydrogen) atoms. The Labute approximate surface area is 156 Å². The van der Waals surface area contributed by atoms with Crippen molar-refractivity contribution in [3.8, 4) is 0 Å². The number of nitrogens with zero attached hydrogens (tertiary/aromatic N) is 2. The van der Waals surface area contributed by atoms with Gasteiger partial charge < -0.3 is 19.5 Å². The normalized spacial score (nSPS) is 10.9. The van der Waals surface area contributed by atoms with Gasteiger partial charge in [-0.1, -0.05) is 26.0 Å². The lowest BCUT2D eigenvalue weighted by Gasteiger charge is -2.26. The molecule has 4 nitrogen and oxygen atoms in total. The van der Waals surface area contributed by atoms with E-state index in [1.54, 1.807) is 6.26 Å². The molecule has 0 spiro atoms. The van der Waals surface area contributed by atoms with Crippen molar-refractivity contribution in [1.29, 1.82) is 0 Å². The van der Waals surface area contributed by atoms with Gasteiger partial charge in [0.2, 0.25) is 0 Å². The maximum atomic E-state index is 5.67. The first-order chi connectivity index (χ1) is 12.1. The molecule has 1 heterocycles. The SMILES string of the molecule is CCN(CC)CCCN(Cc1ccco1)C(=S)Nc1cccc(C)c1. The van der Waals surface area contributed by atoms with Gasteiger partial charge in [0.15, 0.2) is 5.11 Å². The largest absolute Gasteiger partial charge is 0.467 e. The number of furan rings is 1. The molecular weight excluding hydrogens is 330 g/mol. The average Bonchev–Trinajstić information content (AvgIpc) is 3.11. The molecule has 1 N–H and O–H groups in total. The smallest absolute Gasteiger partial charge is 0.173 e. The molecule has 0 amide bonds. The van der Waals surface area contributed by atoms with Crippen LogP contribution in [0.3, 0.4) is 0 Å². The third-order valence-corrected chi connectivity index (χ3v) is 4.64. The van der Waals surface area contributed by atoms with Crippen LogP contribution in [0, 0.1) is 6.92 Å². The standard InChI is InChI=1S/C20H29N3OS/c1-4-22(5-2)12-8-13-23(16-19-11-7-14-24-19)20(25)21-18-10-6-9-17(3)15-18/h6-7,9-11,14-15H,4-5,8,12-13,16H2,1-3H3,(H,21,25). The average molecular weight is 360 g/mol. The van der Waals surface area contributed by atoms with Crippen LogP contribution in [0.2, 0.25) is 0 Å². The Kier molecular flexibility index (Phi) is 7.95. The summed E-state index contributed by atoms with van der Waals surface area (Å²) in [6.07, 6.45) is 2.78. The first-order valence-corrected chi connectivity index (χ1v) is 9.40. The van der Waals surface area contributed by atoms with Crippen LogP contribution in [-0.2, 0) is 6.54 Å². The first-order valence-electron chi connectivity index (χ1n) is 8.99. The highest BCUT2D eigenvalue weighted by molar-refractivity contribution is 7.80. The summed E-state index contributed by atoms with van der Waals surface area (Å²) in [7, 11) is 0. The summed E-state index contributed by atoms with van der Waals surface area (Å²) in [5, 5.41) is 4.10. The van der Waals surface area contributed by atoms with E-state index in [9.17, 15) is 0 Å². The summed E-state index contributed by atoms with van der Waals surface area (Å²) < 4.78 is 5.51.